The van der Waals surface area contributed by atoms with Crippen LogP contribution in [0.4, 0.5) is 14.9 Å². The molecule has 2 fully saturated rings. The number of benzene rings is 2. The molecular formula is C25H31FN6O3. The fraction of sp³-hybridized carbons (Fsp3) is 0.400. The molecule has 4 rings (SSSR count). The summed E-state index contributed by atoms with van der Waals surface area (Å²) >= 11 is 0. The number of hydrazine groups is 1. The number of carbonyl (C=O) groups excluding carboxylic acids is 3. The number of halogens is 1. The second-order valence-electron chi connectivity index (χ2n) is 9.12. The molecule has 2 aromatic carbocycles. The molecule has 4 amide bonds. The van der Waals surface area contributed by atoms with Crippen molar-refractivity contribution in [1.29, 1.82) is 0 Å². The minimum Gasteiger partial charge on any atom is -0.336 e. The van der Waals surface area contributed by atoms with Crippen molar-refractivity contribution in [3.05, 3.63) is 65.5 Å². The van der Waals surface area contributed by atoms with Crippen LogP contribution in [0.25, 0.3) is 0 Å². The van der Waals surface area contributed by atoms with Crippen LogP contribution in [0.15, 0.2) is 48.5 Å². The van der Waals surface area contributed by atoms with Crippen LogP contribution in [0, 0.1) is 5.82 Å². The number of rotatable bonds is 6. The Morgan fingerprint density at radius 2 is 1.46 bits per heavy atom. The van der Waals surface area contributed by atoms with Crippen molar-refractivity contribution in [2.75, 3.05) is 58.7 Å². The average molecular weight is 483 g/mol. The Morgan fingerprint density at radius 3 is 2.09 bits per heavy atom. The number of nitrogens with zero attached hydrogens (tertiary/aromatic N) is 5. The Balaban J connectivity index is 1.44. The van der Waals surface area contributed by atoms with E-state index < -0.39 is 6.03 Å². The maximum absolute atomic E-state index is 13.4. The number of likely N-dealkylation sites (N-methyl/N-ethyl adjacent to an activating group) is 2. The SMILES string of the molecule is CN1CCN(Cc2ccc(NC(=O)N(Cc3ccc(F)cc3)N3CCN(C)CC3=O)cc2)C(=O)C1. The van der Waals surface area contributed by atoms with Crippen LogP contribution in [0.2, 0.25) is 0 Å². The Morgan fingerprint density at radius 1 is 0.857 bits per heavy atom. The van der Waals surface area contributed by atoms with Crippen LogP contribution in [0.5, 0.6) is 0 Å². The maximum Gasteiger partial charge on any atom is 0.341 e. The van der Waals surface area contributed by atoms with Gasteiger partial charge < -0.3 is 10.2 Å². The van der Waals surface area contributed by atoms with Gasteiger partial charge in [-0.3, -0.25) is 19.4 Å². The third-order valence-electron chi connectivity index (χ3n) is 6.25. The van der Waals surface area contributed by atoms with Crippen molar-refractivity contribution in [2.24, 2.45) is 0 Å². The first kappa shape index (κ1) is 24.6. The molecule has 9 nitrogen and oxygen atoms in total. The van der Waals surface area contributed by atoms with Gasteiger partial charge in [0.1, 0.15) is 5.82 Å². The summed E-state index contributed by atoms with van der Waals surface area (Å²) in [6, 6.07) is 12.8. The van der Waals surface area contributed by atoms with Gasteiger partial charge in [0.2, 0.25) is 5.91 Å². The Kier molecular flexibility index (Phi) is 7.62. The number of anilines is 1. The summed E-state index contributed by atoms with van der Waals surface area (Å²) in [5, 5.41) is 5.69. The van der Waals surface area contributed by atoms with Crippen LogP contribution >= 0.6 is 0 Å². The molecule has 0 saturated carbocycles. The molecule has 2 aliphatic heterocycles. The van der Waals surface area contributed by atoms with Gasteiger partial charge >= 0.3 is 6.03 Å². The van der Waals surface area contributed by atoms with Gasteiger partial charge in [0.15, 0.2) is 0 Å². The fourth-order valence-corrected chi connectivity index (χ4v) is 4.16. The van der Waals surface area contributed by atoms with Gasteiger partial charge in [-0.05, 0) is 49.5 Å². The monoisotopic (exact) mass is 482 g/mol. The average Bonchev–Trinajstić information content (AvgIpc) is 2.82. The third-order valence-corrected chi connectivity index (χ3v) is 6.25. The van der Waals surface area contributed by atoms with Gasteiger partial charge in [-0.1, -0.05) is 24.3 Å². The lowest BCUT2D eigenvalue weighted by Gasteiger charge is -2.39. The Bertz CT molecular complexity index is 1060. The van der Waals surface area contributed by atoms with Crippen LogP contribution < -0.4 is 5.32 Å². The normalized spacial score (nSPS) is 17.6. The first-order valence-electron chi connectivity index (χ1n) is 11.7. The van der Waals surface area contributed by atoms with E-state index in [0.29, 0.717) is 44.0 Å². The van der Waals surface area contributed by atoms with Crippen molar-refractivity contribution in [3.63, 3.8) is 0 Å². The predicted octanol–water partition coefficient (Wildman–Crippen LogP) is 1.82. The zero-order valence-electron chi connectivity index (χ0n) is 20.1. The molecule has 0 radical (unpaired) electrons. The number of amides is 4. The highest BCUT2D eigenvalue weighted by atomic mass is 19.1. The molecular weight excluding hydrogens is 451 g/mol. The first-order chi connectivity index (χ1) is 16.8. The van der Waals surface area contributed by atoms with Crippen molar-refractivity contribution in [3.8, 4) is 0 Å². The lowest BCUT2D eigenvalue weighted by atomic mass is 10.1. The second-order valence-corrected chi connectivity index (χ2v) is 9.12. The molecule has 0 spiro atoms. The standard InChI is InChI=1S/C25H31FN6O3/c1-28-11-13-30(23(33)17-28)15-19-5-9-22(10-6-19)27-25(35)32(16-20-3-7-21(26)8-4-20)31-14-12-29(2)18-24(31)34/h3-10H,11-18H2,1-2H3,(H,27,35). The molecule has 0 bridgehead atoms. The summed E-state index contributed by atoms with van der Waals surface area (Å²) in [5.74, 6) is -0.439. The number of piperazine rings is 2. The number of carbonyl (C=O) groups is 3. The molecule has 10 heteroatoms. The topological polar surface area (TPSA) is 79.4 Å². The van der Waals surface area contributed by atoms with E-state index in [9.17, 15) is 18.8 Å². The first-order valence-corrected chi connectivity index (χ1v) is 11.7. The number of hydrogen-bond acceptors (Lipinski definition) is 5. The molecule has 1 N–H and O–H groups in total. The van der Waals surface area contributed by atoms with Crippen LogP contribution in [-0.4, -0.2) is 95.9 Å². The molecule has 0 atom stereocenters. The van der Waals surface area contributed by atoms with E-state index in [1.807, 2.05) is 40.9 Å². The lowest BCUT2D eigenvalue weighted by Crippen LogP contribution is -2.58. The Hall–Kier alpha value is -3.50. The van der Waals surface area contributed by atoms with E-state index in [2.05, 4.69) is 5.32 Å². The zero-order valence-corrected chi connectivity index (χ0v) is 20.1. The zero-order chi connectivity index (χ0) is 24.9. The molecule has 35 heavy (non-hydrogen) atoms. The summed E-state index contributed by atoms with van der Waals surface area (Å²) < 4.78 is 13.4. The summed E-state index contributed by atoms with van der Waals surface area (Å²) in [4.78, 5) is 43.9. The summed E-state index contributed by atoms with van der Waals surface area (Å²) in [7, 11) is 3.79. The number of hydrogen-bond donors (Lipinski definition) is 1. The highest BCUT2D eigenvalue weighted by Crippen LogP contribution is 2.17. The number of nitrogens with one attached hydrogen (secondary N) is 1. The molecule has 2 aromatic rings. The Labute approximate surface area is 204 Å². The highest BCUT2D eigenvalue weighted by Gasteiger charge is 2.30. The van der Waals surface area contributed by atoms with Crippen molar-refractivity contribution >= 4 is 23.5 Å². The van der Waals surface area contributed by atoms with Gasteiger partial charge in [0, 0.05) is 31.9 Å². The lowest BCUT2D eigenvalue weighted by molar-refractivity contribution is -0.150. The molecule has 2 heterocycles. The predicted molar refractivity (Wildman–Crippen MR) is 130 cm³/mol. The third kappa shape index (κ3) is 6.34. The van der Waals surface area contributed by atoms with Gasteiger partial charge in [-0.15, -0.1) is 0 Å². The van der Waals surface area contributed by atoms with Gasteiger partial charge in [0.05, 0.1) is 26.2 Å². The second kappa shape index (κ2) is 10.8. The van der Waals surface area contributed by atoms with E-state index >= 15 is 0 Å². The maximum atomic E-state index is 13.4. The summed E-state index contributed by atoms with van der Waals surface area (Å²) in [6.45, 7) is 3.83. The van der Waals surface area contributed by atoms with Crippen LogP contribution in [0.3, 0.4) is 0 Å². The van der Waals surface area contributed by atoms with Gasteiger partial charge in [-0.2, -0.15) is 0 Å². The number of urea groups is 1. The summed E-state index contributed by atoms with van der Waals surface area (Å²) in [6.07, 6.45) is 0. The van der Waals surface area contributed by atoms with E-state index in [1.165, 1.54) is 22.2 Å². The van der Waals surface area contributed by atoms with Crippen LogP contribution in [0.1, 0.15) is 11.1 Å². The van der Waals surface area contributed by atoms with E-state index in [-0.39, 0.29) is 30.7 Å². The summed E-state index contributed by atoms with van der Waals surface area (Å²) in [5.41, 5.74) is 2.26. The van der Waals surface area contributed by atoms with E-state index in [4.69, 9.17) is 0 Å². The fourth-order valence-electron chi connectivity index (χ4n) is 4.16. The molecule has 186 valence electrons. The van der Waals surface area contributed by atoms with Crippen molar-refractivity contribution in [2.45, 2.75) is 13.1 Å². The van der Waals surface area contributed by atoms with Gasteiger partial charge in [-0.25, -0.2) is 19.2 Å². The smallest absolute Gasteiger partial charge is 0.336 e. The molecule has 0 aromatic heterocycles. The highest BCUT2D eigenvalue weighted by molar-refractivity contribution is 5.91. The quantitative estimate of drug-likeness (QED) is 0.680. The van der Waals surface area contributed by atoms with Crippen LogP contribution in [-0.2, 0) is 22.7 Å². The molecule has 2 aliphatic rings. The van der Waals surface area contributed by atoms with Gasteiger partial charge in [0.25, 0.3) is 5.91 Å². The largest absolute Gasteiger partial charge is 0.341 e. The molecule has 2 saturated heterocycles. The van der Waals surface area contributed by atoms with Crippen molar-refractivity contribution < 1.29 is 18.8 Å². The van der Waals surface area contributed by atoms with Crippen molar-refractivity contribution in [1.82, 2.24) is 24.7 Å². The minimum atomic E-state index is -0.450. The molecule has 0 unspecified atom stereocenters. The van der Waals surface area contributed by atoms with E-state index in [1.54, 1.807) is 24.3 Å². The van der Waals surface area contributed by atoms with E-state index in [0.717, 1.165) is 12.1 Å². The minimum absolute atomic E-state index is 0.101. The molecule has 0 aliphatic carbocycles.